The van der Waals surface area contributed by atoms with Crippen LogP contribution in [0.25, 0.3) is 0 Å². The number of hydrogen-bond donors (Lipinski definition) is 4. The number of aliphatic hydroxyl groups is 1. The number of aliphatic hydroxyl groups excluding tert-OH is 1. The molecular weight excluding hydrogens is 542 g/mol. The lowest BCUT2D eigenvalue weighted by atomic mass is 9.90. The average molecular weight is 586 g/mol. The second-order valence-electron chi connectivity index (χ2n) is 11.4. The molecule has 39 heavy (non-hydrogen) atoms. The molecule has 3 amide bonds. The summed E-state index contributed by atoms with van der Waals surface area (Å²) in [7, 11) is 3.00. The number of nitrogens with one attached hydrogen (secondary N) is 3. The van der Waals surface area contributed by atoms with Gasteiger partial charge in [0.25, 0.3) is 0 Å². The van der Waals surface area contributed by atoms with Crippen LogP contribution in [-0.4, -0.2) is 75.9 Å². The quantitative estimate of drug-likeness (QED) is 0.221. The highest BCUT2D eigenvalue weighted by molar-refractivity contribution is 8.76. The smallest absolute Gasteiger partial charge is 0.306 e. The lowest BCUT2D eigenvalue weighted by molar-refractivity contribution is -0.155. The van der Waals surface area contributed by atoms with Crippen LogP contribution >= 0.6 is 21.6 Å². The van der Waals surface area contributed by atoms with Gasteiger partial charge in [-0.15, -0.1) is 0 Å². The molecule has 2 bridgehead atoms. The molecular formula is C27H43N3O7S2. The molecule has 0 spiro atoms. The van der Waals surface area contributed by atoms with E-state index in [1.54, 1.807) is 31.6 Å². The van der Waals surface area contributed by atoms with E-state index in [4.69, 9.17) is 4.74 Å². The van der Waals surface area contributed by atoms with Gasteiger partial charge >= 0.3 is 5.97 Å². The van der Waals surface area contributed by atoms with E-state index in [1.807, 2.05) is 26.0 Å². The third-order valence-corrected chi connectivity index (χ3v) is 8.70. The van der Waals surface area contributed by atoms with Crippen LogP contribution in [0.5, 0.6) is 0 Å². The molecule has 0 aromatic carbocycles. The number of esters is 1. The first-order chi connectivity index (χ1) is 18.2. The third kappa shape index (κ3) is 12.3. The summed E-state index contributed by atoms with van der Waals surface area (Å²) in [5.41, 5.74) is -0.696. The topological polar surface area (TPSA) is 151 Å². The van der Waals surface area contributed by atoms with Crippen molar-refractivity contribution in [2.75, 3.05) is 11.5 Å². The van der Waals surface area contributed by atoms with Crippen molar-refractivity contribution in [1.29, 1.82) is 0 Å². The summed E-state index contributed by atoms with van der Waals surface area (Å²) in [5.74, 6) is -1.85. The summed E-state index contributed by atoms with van der Waals surface area (Å²) < 4.78 is 5.35. The van der Waals surface area contributed by atoms with E-state index in [0.717, 1.165) is 5.75 Å². The Labute approximate surface area is 239 Å². The number of allylic oxidation sites excluding steroid dienone is 2. The number of hydrogen-bond acceptors (Lipinski definition) is 9. The molecule has 10 nitrogen and oxygen atoms in total. The van der Waals surface area contributed by atoms with Gasteiger partial charge in [-0.1, -0.05) is 47.6 Å². The Kier molecular flexibility index (Phi) is 13.3. The predicted octanol–water partition coefficient (Wildman–Crippen LogP) is 2.29. The number of Topliss-reactive ketones (excluding diaryl/α,β-unsaturated/α-hetero) is 1. The average Bonchev–Trinajstić information content (AvgIpc) is 2.81. The van der Waals surface area contributed by atoms with Crippen molar-refractivity contribution >= 4 is 51.1 Å². The molecule has 0 aromatic rings. The highest BCUT2D eigenvalue weighted by Crippen LogP contribution is 2.25. The van der Waals surface area contributed by atoms with Crippen molar-refractivity contribution in [3.63, 3.8) is 0 Å². The molecule has 4 N–H and O–H groups in total. The maximum absolute atomic E-state index is 13.4. The minimum atomic E-state index is -1.11. The molecule has 1 saturated heterocycles. The molecule has 0 aromatic heterocycles. The van der Waals surface area contributed by atoms with Gasteiger partial charge < -0.3 is 25.8 Å². The van der Waals surface area contributed by atoms with Gasteiger partial charge in [0, 0.05) is 37.2 Å². The van der Waals surface area contributed by atoms with Gasteiger partial charge in [0.15, 0.2) is 0 Å². The normalized spacial score (nSPS) is 29.3. The van der Waals surface area contributed by atoms with E-state index in [0.29, 0.717) is 6.42 Å². The fourth-order valence-electron chi connectivity index (χ4n) is 4.37. The summed E-state index contributed by atoms with van der Waals surface area (Å²) in [6, 6.07) is -2.74. The Morgan fingerprint density at radius 2 is 1.77 bits per heavy atom. The van der Waals surface area contributed by atoms with Crippen LogP contribution in [0.1, 0.15) is 73.1 Å². The van der Waals surface area contributed by atoms with Crippen LogP contribution in [0.15, 0.2) is 12.2 Å². The van der Waals surface area contributed by atoms with Crippen LogP contribution < -0.4 is 16.0 Å². The minimum absolute atomic E-state index is 0.0184. The number of fused-ring (bicyclic) bond motifs is 7. The van der Waals surface area contributed by atoms with E-state index in [2.05, 4.69) is 16.0 Å². The largest absolute Gasteiger partial charge is 0.460 e. The summed E-state index contributed by atoms with van der Waals surface area (Å²) in [6.45, 7) is 8.90. The fraction of sp³-hybridized carbons (Fsp3) is 0.741. The molecule has 12 heteroatoms. The summed E-state index contributed by atoms with van der Waals surface area (Å²) in [5, 5.41) is 19.2. The lowest BCUT2D eigenvalue weighted by Crippen LogP contribution is -2.58. The van der Waals surface area contributed by atoms with E-state index in [9.17, 15) is 29.1 Å². The van der Waals surface area contributed by atoms with Crippen molar-refractivity contribution in [3.8, 4) is 0 Å². The summed E-state index contributed by atoms with van der Waals surface area (Å²) >= 11 is 0. The van der Waals surface area contributed by atoms with Crippen molar-refractivity contribution in [3.05, 3.63) is 12.2 Å². The molecule has 2 aliphatic rings. The van der Waals surface area contributed by atoms with Gasteiger partial charge in [-0.3, -0.25) is 24.0 Å². The second-order valence-corrected chi connectivity index (χ2v) is 14.0. The predicted molar refractivity (Wildman–Crippen MR) is 153 cm³/mol. The Hall–Kier alpha value is -2.05. The van der Waals surface area contributed by atoms with E-state index in [-0.39, 0.29) is 49.6 Å². The zero-order valence-corrected chi connectivity index (χ0v) is 25.1. The molecule has 2 heterocycles. The van der Waals surface area contributed by atoms with Crippen LogP contribution in [0.2, 0.25) is 0 Å². The third-order valence-electron chi connectivity index (χ3n) is 6.25. The molecule has 1 fully saturated rings. The van der Waals surface area contributed by atoms with Gasteiger partial charge in [0.05, 0.1) is 12.1 Å². The molecule has 2 rings (SSSR count). The summed E-state index contributed by atoms with van der Waals surface area (Å²) in [6.07, 6.45) is 3.10. The van der Waals surface area contributed by atoms with Gasteiger partial charge in [-0.2, -0.15) is 0 Å². The van der Waals surface area contributed by atoms with Crippen LogP contribution in [0.3, 0.4) is 0 Å². The fourth-order valence-corrected chi connectivity index (χ4v) is 6.52. The van der Waals surface area contributed by atoms with Gasteiger partial charge in [-0.05, 0) is 45.4 Å². The van der Waals surface area contributed by atoms with Crippen LogP contribution in [0, 0.1) is 11.8 Å². The highest BCUT2D eigenvalue weighted by atomic mass is 33.1. The SMILES string of the molecule is CC(C)[C@H]1NC(=O)[C@H]2CSSCC/C=C/[C@@H](CC(=O)C[C@@H]1O)CC(=O)N[C@H](CCC(=O)OC(C)(C)C)C(=O)N2. The standard InChI is InChI=1S/C27H43N3O7S2/c1-16(2)24-21(32)14-18(31)12-17-8-6-7-11-38-39-15-20(26(36)30-24)29-25(35)19(28-22(33)13-17)9-10-23(34)37-27(3,4)5/h6,8,16-17,19-21,24,32H,7,9-15H2,1-5H3,(H,28,33)(H,29,35)(H,30,36)/b8-6+/t17-,19+,20+,21-,24+/m0/s1. The Bertz CT molecular complexity index is 920. The van der Waals surface area contributed by atoms with Crippen LogP contribution in [0.4, 0.5) is 0 Å². The number of rotatable bonds is 4. The molecule has 2 aliphatic heterocycles. The zero-order valence-electron chi connectivity index (χ0n) is 23.5. The minimum Gasteiger partial charge on any atom is -0.460 e. The molecule has 220 valence electrons. The monoisotopic (exact) mass is 585 g/mol. The van der Waals surface area contributed by atoms with Crippen LogP contribution in [-0.2, 0) is 28.7 Å². The molecule has 0 unspecified atom stereocenters. The highest BCUT2D eigenvalue weighted by Gasteiger charge is 2.33. The summed E-state index contributed by atoms with van der Waals surface area (Å²) in [4.78, 5) is 65.0. The second kappa shape index (κ2) is 15.7. The zero-order chi connectivity index (χ0) is 29.2. The van der Waals surface area contributed by atoms with Crippen molar-refractivity contribution in [1.82, 2.24) is 16.0 Å². The molecule has 0 aliphatic carbocycles. The number of amides is 3. The van der Waals surface area contributed by atoms with Crippen molar-refractivity contribution < 1.29 is 33.8 Å². The van der Waals surface area contributed by atoms with E-state index in [1.165, 1.54) is 10.8 Å². The lowest BCUT2D eigenvalue weighted by Gasteiger charge is -2.30. The number of ether oxygens (including phenoxy) is 1. The van der Waals surface area contributed by atoms with Gasteiger partial charge in [0.2, 0.25) is 17.7 Å². The Balaban J connectivity index is 2.42. The van der Waals surface area contributed by atoms with Gasteiger partial charge in [-0.25, -0.2) is 0 Å². The van der Waals surface area contributed by atoms with Gasteiger partial charge in [0.1, 0.15) is 23.5 Å². The first-order valence-electron chi connectivity index (χ1n) is 13.5. The first kappa shape index (κ1) is 33.2. The first-order valence-corrected chi connectivity index (χ1v) is 16.0. The van der Waals surface area contributed by atoms with Crippen molar-refractivity contribution in [2.45, 2.75) is 103 Å². The molecule has 5 atom stereocenters. The maximum atomic E-state index is 13.4. The Morgan fingerprint density at radius 1 is 1.05 bits per heavy atom. The molecule has 0 radical (unpaired) electrons. The number of ketones is 1. The van der Waals surface area contributed by atoms with E-state index >= 15 is 0 Å². The van der Waals surface area contributed by atoms with Crippen molar-refractivity contribution in [2.24, 2.45) is 11.8 Å². The molecule has 0 saturated carbocycles. The number of carbonyl (C=O) groups is 5. The Morgan fingerprint density at radius 3 is 2.44 bits per heavy atom. The van der Waals surface area contributed by atoms with E-state index < -0.39 is 59.4 Å². The maximum Gasteiger partial charge on any atom is 0.306 e. The number of carbonyl (C=O) groups excluding carboxylic acids is 5.